The average Bonchev–Trinajstić information content (AvgIpc) is 3.13. The maximum atomic E-state index is 13.2. The summed E-state index contributed by atoms with van der Waals surface area (Å²) in [6.45, 7) is -0.0315. The summed E-state index contributed by atoms with van der Waals surface area (Å²) in [6, 6.07) is 17.2. The molecule has 1 heterocycles. The number of ketones is 1. The molecule has 10 heteroatoms. The molecule has 3 aromatic carbocycles. The quantitative estimate of drug-likeness (QED) is 0.163. The minimum atomic E-state index is -1.09. The second-order valence-electron chi connectivity index (χ2n) is 8.72. The fourth-order valence-corrected chi connectivity index (χ4v) is 4.22. The number of carboxylic acids is 1. The zero-order chi connectivity index (χ0) is 26.9. The molecule has 0 aromatic heterocycles. The van der Waals surface area contributed by atoms with Crippen LogP contribution in [-0.4, -0.2) is 51.8 Å². The molecule has 1 saturated heterocycles. The smallest absolute Gasteiger partial charge is 0.335 e. The highest BCUT2D eigenvalue weighted by Gasteiger charge is 2.46. The van der Waals surface area contributed by atoms with E-state index in [-0.39, 0.29) is 28.9 Å². The van der Waals surface area contributed by atoms with Gasteiger partial charge in [0.2, 0.25) is 0 Å². The van der Waals surface area contributed by atoms with Gasteiger partial charge in [0.25, 0.3) is 17.4 Å². The van der Waals surface area contributed by atoms with Crippen LogP contribution in [-0.2, 0) is 16.1 Å². The first-order valence-electron chi connectivity index (χ1n) is 11.2. The third kappa shape index (κ3) is 4.90. The van der Waals surface area contributed by atoms with Crippen LogP contribution in [0.1, 0.15) is 33.1 Å². The largest absolute Gasteiger partial charge is 0.507 e. The summed E-state index contributed by atoms with van der Waals surface area (Å²) < 4.78 is 0. The Hall–Kier alpha value is -4.99. The Labute approximate surface area is 211 Å². The number of aromatic carboxylic acids is 1. The van der Waals surface area contributed by atoms with Crippen molar-refractivity contribution in [2.24, 2.45) is 0 Å². The molecule has 37 heavy (non-hydrogen) atoms. The second kappa shape index (κ2) is 9.94. The van der Waals surface area contributed by atoms with Crippen molar-refractivity contribution in [1.29, 1.82) is 0 Å². The third-order valence-electron chi connectivity index (χ3n) is 6.15. The SMILES string of the molecule is CN(C)c1ccc(C2/C(=C(/O)c3cccc([N+](=O)[O-])c3)C(=O)C(=O)N2Cc2ccc(C(=O)O)cc2)cc1. The van der Waals surface area contributed by atoms with Crippen LogP contribution in [0.4, 0.5) is 11.4 Å². The van der Waals surface area contributed by atoms with E-state index in [0.717, 1.165) is 11.8 Å². The van der Waals surface area contributed by atoms with Crippen molar-refractivity contribution in [3.63, 3.8) is 0 Å². The maximum Gasteiger partial charge on any atom is 0.335 e. The molecule has 1 aliphatic heterocycles. The van der Waals surface area contributed by atoms with Crippen molar-refractivity contribution >= 4 is 34.8 Å². The number of hydrogen-bond donors (Lipinski definition) is 2. The molecule has 1 aliphatic rings. The Bertz CT molecular complexity index is 1430. The van der Waals surface area contributed by atoms with Gasteiger partial charge in [-0.25, -0.2) is 4.79 Å². The van der Waals surface area contributed by atoms with E-state index < -0.39 is 34.4 Å². The number of nitrogens with zero attached hydrogens (tertiary/aromatic N) is 3. The zero-order valence-electron chi connectivity index (χ0n) is 20.0. The fraction of sp³-hybridized carbons (Fsp3) is 0.148. The Morgan fingerprint density at radius 3 is 2.19 bits per heavy atom. The number of likely N-dealkylation sites (tertiary alicyclic amines) is 1. The number of nitro benzene ring substituents is 1. The van der Waals surface area contributed by atoms with E-state index in [2.05, 4.69) is 0 Å². The number of nitro groups is 1. The van der Waals surface area contributed by atoms with Crippen LogP contribution in [0.25, 0.3) is 5.76 Å². The van der Waals surface area contributed by atoms with E-state index in [0.29, 0.717) is 11.1 Å². The molecule has 0 bridgehead atoms. The van der Waals surface area contributed by atoms with Crippen LogP contribution in [0.2, 0.25) is 0 Å². The number of carbonyl (C=O) groups excluding carboxylic acids is 2. The van der Waals surface area contributed by atoms with Crippen molar-refractivity contribution in [3.05, 3.63) is 111 Å². The lowest BCUT2D eigenvalue weighted by molar-refractivity contribution is -0.384. The number of non-ortho nitro benzene ring substituents is 1. The molecule has 0 radical (unpaired) electrons. The zero-order valence-corrected chi connectivity index (χ0v) is 20.0. The highest BCUT2D eigenvalue weighted by Crippen LogP contribution is 2.41. The van der Waals surface area contributed by atoms with Crippen LogP contribution in [0.3, 0.4) is 0 Å². The first-order valence-corrected chi connectivity index (χ1v) is 11.2. The minimum absolute atomic E-state index is 0.0315. The van der Waals surface area contributed by atoms with Crippen molar-refractivity contribution in [2.45, 2.75) is 12.6 Å². The predicted molar refractivity (Wildman–Crippen MR) is 135 cm³/mol. The molecule has 1 amide bonds. The summed E-state index contributed by atoms with van der Waals surface area (Å²) >= 11 is 0. The molecule has 1 fully saturated rings. The highest BCUT2D eigenvalue weighted by atomic mass is 16.6. The van der Waals surface area contributed by atoms with E-state index in [1.165, 1.54) is 35.2 Å². The summed E-state index contributed by atoms with van der Waals surface area (Å²) in [7, 11) is 3.73. The lowest BCUT2D eigenvalue weighted by Gasteiger charge is -2.26. The molecule has 1 unspecified atom stereocenters. The fourth-order valence-electron chi connectivity index (χ4n) is 4.22. The van der Waals surface area contributed by atoms with Crippen LogP contribution in [0.15, 0.2) is 78.4 Å². The average molecular weight is 501 g/mol. The number of benzene rings is 3. The molecule has 0 spiro atoms. The van der Waals surface area contributed by atoms with Gasteiger partial charge in [-0.3, -0.25) is 19.7 Å². The van der Waals surface area contributed by atoms with Gasteiger partial charge < -0.3 is 20.0 Å². The van der Waals surface area contributed by atoms with E-state index in [1.54, 1.807) is 24.3 Å². The molecule has 4 rings (SSSR count). The molecule has 1 atom stereocenters. The minimum Gasteiger partial charge on any atom is -0.507 e. The number of aliphatic hydroxyl groups is 1. The summed E-state index contributed by atoms with van der Waals surface area (Å²) in [5.41, 5.74) is 1.66. The number of hydrogen-bond acceptors (Lipinski definition) is 7. The molecule has 0 saturated carbocycles. The van der Waals surface area contributed by atoms with Gasteiger partial charge in [-0.2, -0.15) is 0 Å². The number of amides is 1. The third-order valence-corrected chi connectivity index (χ3v) is 6.15. The van der Waals surface area contributed by atoms with E-state index in [9.17, 15) is 29.6 Å². The van der Waals surface area contributed by atoms with Crippen LogP contribution in [0.5, 0.6) is 0 Å². The number of rotatable bonds is 7. The number of carbonyl (C=O) groups is 3. The molecular formula is C27H23N3O7. The van der Waals surface area contributed by atoms with Crippen molar-refractivity contribution in [1.82, 2.24) is 4.90 Å². The summed E-state index contributed by atoms with van der Waals surface area (Å²) in [4.78, 5) is 51.4. The Morgan fingerprint density at radius 2 is 1.62 bits per heavy atom. The molecule has 2 N–H and O–H groups in total. The molecule has 188 valence electrons. The number of aliphatic hydroxyl groups excluding tert-OH is 1. The van der Waals surface area contributed by atoms with Gasteiger partial charge in [0.15, 0.2) is 0 Å². The highest BCUT2D eigenvalue weighted by molar-refractivity contribution is 6.46. The topological polar surface area (TPSA) is 141 Å². The van der Waals surface area contributed by atoms with Crippen LogP contribution in [0, 0.1) is 10.1 Å². The monoisotopic (exact) mass is 501 g/mol. The Morgan fingerprint density at radius 1 is 0.973 bits per heavy atom. The van der Waals surface area contributed by atoms with Gasteiger partial charge in [-0.05, 0) is 35.4 Å². The van der Waals surface area contributed by atoms with Crippen LogP contribution < -0.4 is 4.90 Å². The van der Waals surface area contributed by atoms with Crippen LogP contribution >= 0.6 is 0 Å². The first-order chi connectivity index (χ1) is 17.6. The lowest BCUT2D eigenvalue weighted by Crippen LogP contribution is -2.29. The summed E-state index contributed by atoms with van der Waals surface area (Å²) in [5.74, 6) is -3.39. The van der Waals surface area contributed by atoms with Crippen molar-refractivity contribution < 1.29 is 29.5 Å². The Kier molecular flexibility index (Phi) is 6.75. The predicted octanol–water partition coefficient (Wildman–Crippen LogP) is 3.98. The molecule has 0 aliphatic carbocycles. The van der Waals surface area contributed by atoms with E-state index in [4.69, 9.17) is 5.11 Å². The van der Waals surface area contributed by atoms with Gasteiger partial charge >= 0.3 is 5.97 Å². The van der Waals surface area contributed by atoms with Crippen molar-refractivity contribution in [3.8, 4) is 0 Å². The van der Waals surface area contributed by atoms with Gasteiger partial charge in [0, 0.05) is 44.0 Å². The summed E-state index contributed by atoms with van der Waals surface area (Å²) in [5, 5.41) is 31.6. The standard InChI is InChI=1S/C27H23N3O7/c1-28(2)20-12-10-17(11-13-20)23-22(24(31)19-4-3-5-21(14-19)30(36)37)25(32)26(33)29(23)15-16-6-8-18(9-7-16)27(34)35/h3-14,23,31H,15H2,1-2H3,(H,34,35)/b24-22-. The van der Waals surface area contributed by atoms with E-state index in [1.807, 2.05) is 31.1 Å². The lowest BCUT2D eigenvalue weighted by atomic mass is 9.94. The summed E-state index contributed by atoms with van der Waals surface area (Å²) in [6.07, 6.45) is 0. The van der Waals surface area contributed by atoms with Crippen molar-refractivity contribution in [2.75, 3.05) is 19.0 Å². The second-order valence-corrected chi connectivity index (χ2v) is 8.72. The van der Waals surface area contributed by atoms with Gasteiger partial charge in [-0.15, -0.1) is 0 Å². The van der Waals surface area contributed by atoms with Gasteiger partial charge in [0.05, 0.1) is 22.1 Å². The van der Waals surface area contributed by atoms with Gasteiger partial charge in [0.1, 0.15) is 5.76 Å². The normalized spacial score (nSPS) is 16.6. The van der Waals surface area contributed by atoms with E-state index >= 15 is 0 Å². The Balaban J connectivity index is 1.84. The van der Waals surface area contributed by atoms with Gasteiger partial charge in [-0.1, -0.05) is 36.4 Å². The number of anilines is 1. The first kappa shape index (κ1) is 25.1. The number of carboxylic acid groups (broad SMARTS) is 1. The number of Topliss-reactive ketones (excluding diaryl/α,β-unsaturated/α-hetero) is 1. The molecular weight excluding hydrogens is 478 g/mol. The molecule has 3 aromatic rings. The maximum absolute atomic E-state index is 13.2. The molecule has 10 nitrogen and oxygen atoms in total.